The Bertz CT molecular complexity index is 456. The second kappa shape index (κ2) is 7.53. The molecule has 1 unspecified atom stereocenters. The number of nitrogens with zero attached hydrogens (tertiary/aromatic N) is 1. The standard InChI is InChI=1S/C17H26FNO/c1-12(2)10-14(4)19(5)9-8-17(20)15-7-6-13(3)16(18)11-15/h6-7,11-12,14H,8-10H2,1-5H3. The molecular formula is C17H26FNO. The summed E-state index contributed by atoms with van der Waals surface area (Å²) in [5.41, 5.74) is 1.04. The summed E-state index contributed by atoms with van der Waals surface area (Å²) in [6.45, 7) is 8.98. The monoisotopic (exact) mass is 279 g/mol. The molecule has 0 saturated heterocycles. The summed E-state index contributed by atoms with van der Waals surface area (Å²) in [6.07, 6.45) is 1.55. The van der Waals surface area contributed by atoms with E-state index >= 15 is 0 Å². The van der Waals surface area contributed by atoms with Crippen molar-refractivity contribution >= 4 is 5.78 Å². The lowest BCUT2D eigenvalue weighted by molar-refractivity contribution is 0.0959. The minimum Gasteiger partial charge on any atom is -0.303 e. The summed E-state index contributed by atoms with van der Waals surface area (Å²) in [4.78, 5) is 14.3. The lowest BCUT2D eigenvalue weighted by atomic mass is 10.0. The minimum atomic E-state index is -0.308. The van der Waals surface area contributed by atoms with E-state index in [0.717, 1.165) is 6.42 Å². The molecule has 0 heterocycles. The van der Waals surface area contributed by atoms with Crippen LogP contribution in [0.3, 0.4) is 0 Å². The van der Waals surface area contributed by atoms with Crippen LogP contribution in [0.15, 0.2) is 18.2 Å². The number of benzene rings is 1. The Kier molecular flexibility index (Phi) is 6.34. The number of carbonyl (C=O) groups is 1. The van der Waals surface area contributed by atoms with E-state index in [1.165, 1.54) is 6.07 Å². The molecule has 0 fully saturated rings. The minimum absolute atomic E-state index is 0.00694. The molecule has 0 spiro atoms. The van der Waals surface area contributed by atoms with Gasteiger partial charge in [-0.3, -0.25) is 4.79 Å². The van der Waals surface area contributed by atoms with Crippen LogP contribution < -0.4 is 0 Å². The molecule has 0 saturated carbocycles. The fraction of sp³-hybridized carbons (Fsp3) is 0.588. The van der Waals surface area contributed by atoms with E-state index in [1.807, 2.05) is 7.05 Å². The predicted octanol–water partition coefficient (Wildman–Crippen LogP) is 4.07. The third kappa shape index (κ3) is 5.04. The first-order valence-corrected chi connectivity index (χ1v) is 7.30. The second-order valence-corrected chi connectivity index (χ2v) is 6.10. The van der Waals surface area contributed by atoms with Crippen molar-refractivity contribution in [1.29, 1.82) is 0 Å². The Morgan fingerprint density at radius 1 is 1.30 bits per heavy atom. The van der Waals surface area contributed by atoms with Crippen molar-refractivity contribution in [3.05, 3.63) is 35.1 Å². The first-order valence-electron chi connectivity index (χ1n) is 7.30. The van der Waals surface area contributed by atoms with E-state index in [2.05, 4.69) is 25.7 Å². The highest BCUT2D eigenvalue weighted by Gasteiger charge is 2.14. The number of halogens is 1. The fourth-order valence-electron chi connectivity index (χ4n) is 2.27. The second-order valence-electron chi connectivity index (χ2n) is 6.10. The van der Waals surface area contributed by atoms with Gasteiger partial charge in [-0.05, 0) is 44.9 Å². The Morgan fingerprint density at radius 2 is 1.95 bits per heavy atom. The third-order valence-corrected chi connectivity index (χ3v) is 3.75. The molecule has 0 bridgehead atoms. The molecule has 1 atom stereocenters. The van der Waals surface area contributed by atoms with E-state index < -0.39 is 0 Å². The van der Waals surface area contributed by atoms with Gasteiger partial charge in [0.25, 0.3) is 0 Å². The molecule has 0 aliphatic carbocycles. The summed E-state index contributed by atoms with van der Waals surface area (Å²) < 4.78 is 13.4. The Hall–Kier alpha value is -1.22. The first-order chi connectivity index (χ1) is 9.31. The Morgan fingerprint density at radius 3 is 2.50 bits per heavy atom. The zero-order valence-electron chi connectivity index (χ0n) is 13.2. The van der Waals surface area contributed by atoms with Crippen LogP contribution in [0.2, 0.25) is 0 Å². The van der Waals surface area contributed by atoms with Gasteiger partial charge in [0.15, 0.2) is 5.78 Å². The van der Waals surface area contributed by atoms with Gasteiger partial charge in [0.1, 0.15) is 5.82 Å². The van der Waals surface area contributed by atoms with Gasteiger partial charge in [-0.25, -0.2) is 4.39 Å². The van der Waals surface area contributed by atoms with Gasteiger partial charge in [0.2, 0.25) is 0 Å². The van der Waals surface area contributed by atoms with E-state index in [4.69, 9.17) is 0 Å². The maximum absolute atomic E-state index is 13.4. The molecule has 0 amide bonds. The van der Waals surface area contributed by atoms with E-state index in [0.29, 0.717) is 36.1 Å². The average molecular weight is 279 g/mol. The SMILES string of the molecule is Cc1ccc(C(=O)CCN(C)C(C)CC(C)C)cc1F. The van der Waals surface area contributed by atoms with Crippen LogP contribution in [0.4, 0.5) is 4.39 Å². The molecule has 0 radical (unpaired) electrons. The third-order valence-electron chi connectivity index (χ3n) is 3.75. The zero-order chi connectivity index (χ0) is 15.3. The van der Waals surface area contributed by atoms with E-state index in [1.54, 1.807) is 19.1 Å². The smallest absolute Gasteiger partial charge is 0.164 e. The number of rotatable bonds is 7. The number of Topliss-reactive ketones (excluding diaryl/α,β-unsaturated/α-hetero) is 1. The van der Waals surface area contributed by atoms with Crippen LogP contribution in [-0.2, 0) is 0 Å². The van der Waals surface area contributed by atoms with Gasteiger partial charge in [-0.2, -0.15) is 0 Å². The van der Waals surface area contributed by atoms with Crippen LogP contribution in [0.25, 0.3) is 0 Å². The molecule has 112 valence electrons. The number of carbonyl (C=O) groups excluding carboxylic acids is 1. The van der Waals surface area contributed by atoms with Crippen molar-refractivity contribution in [2.45, 2.75) is 46.6 Å². The number of hydrogen-bond acceptors (Lipinski definition) is 2. The van der Waals surface area contributed by atoms with Crippen LogP contribution in [0.1, 0.15) is 49.5 Å². The number of ketones is 1. The number of aryl methyl sites for hydroxylation is 1. The fourth-order valence-corrected chi connectivity index (χ4v) is 2.27. The van der Waals surface area contributed by atoms with Gasteiger partial charge >= 0.3 is 0 Å². The summed E-state index contributed by atoms with van der Waals surface area (Å²) in [5.74, 6) is 0.347. The average Bonchev–Trinajstić information content (AvgIpc) is 2.37. The van der Waals surface area contributed by atoms with Crippen molar-refractivity contribution < 1.29 is 9.18 Å². The lowest BCUT2D eigenvalue weighted by Crippen LogP contribution is -2.32. The largest absolute Gasteiger partial charge is 0.303 e. The maximum Gasteiger partial charge on any atom is 0.164 e. The molecule has 0 aliphatic rings. The molecule has 1 rings (SSSR count). The zero-order valence-corrected chi connectivity index (χ0v) is 13.2. The van der Waals surface area contributed by atoms with Crippen molar-refractivity contribution in [3.8, 4) is 0 Å². The quantitative estimate of drug-likeness (QED) is 0.701. The highest BCUT2D eigenvalue weighted by Crippen LogP contribution is 2.13. The molecule has 2 nitrogen and oxygen atoms in total. The topological polar surface area (TPSA) is 20.3 Å². The molecule has 0 N–H and O–H groups in total. The molecule has 20 heavy (non-hydrogen) atoms. The summed E-state index contributed by atoms with van der Waals surface area (Å²) >= 11 is 0. The van der Waals surface area contributed by atoms with Crippen LogP contribution >= 0.6 is 0 Å². The van der Waals surface area contributed by atoms with E-state index in [-0.39, 0.29) is 11.6 Å². The molecule has 0 aliphatic heterocycles. The maximum atomic E-state index is 13.4. The number of hydrogen-bond donors (Lipinski definition) is 0. The van der Waals surface area contributed by atoms with Crippen molar-refractivity contribution in [1.82, 2.24) is 4.90 Å². The van der Waals surface area contributed by atoms with Crippen LogP contribution in [0, 0.1) is 18.7 Å². The van der Waals surface area contributed by atoms with Gasteiger partial charge in [0.05, 0.1) is 0 Å². The van der Waals surface area contributed by atoms with Gasteiger partial charge in [-0.15, -0.1) is 0 Å². The van der Waals surface area contributed by atoms with Crippen LogP contribution in [-0.4, -0.2) is 30.3 Å². The summed E-state index contributed by atoms with van der Waals surface area (Å²) in [6, 6.07) is 5.17. The summed E-state index contributed by atoms with van der Waals surface area (Å²) in [7, 11) is 2.04. The lowest BCUT2D eigenvalue weighted by Gasteiger charge is -2.25. The molecule has 1 aromatic rings. The molecular weight excluding hydrogens is 253 g/mol. The predicted molar refractivity (Wildman–Crippen MR) is 81.6 cm³/mol. The van der Waals surface area contributed by atoms with E-state index in [9.17, 15) is 9.18 Å². The highest BCUT2D eigenvalue weighted by molar-refractivity contribution is 5.96. The Labute approximate surface area is 122 Å². The van der Waals surface area contributed by atoms with Gasteiger partial charge in [-0.1, -0.05) is 26.0 Å². The van der Waals surface area contributed by atoms with Crippen LogP contribution in [0.5, 0.6) is 0 Å². The van der Waals surface area contributed by atoms with Gasteiger partial charge in [0, 0.05) is 24.6 Å². The Balaban J connectivity index is 2.52. The molecule has 0 aromatic heterocycles. The van der Waals surface area contributed by atoms with Gasteiger partial charge < -0.3 is 4.90 Å². The normalized spacial score (nSPS) is 13.0. The first kappa shape index (κ1) is 16.8. The van der Waals surface area contributed by atoms with Crippen molar-refractivity contribution in [3.63, 3.8) is 0 Å². The van der Waals surface area contributed by atoms with Crippen molar-refractivity contribution in [2.24, 2.45) is 5.92 Å². The van der Waals surface area contributed by atoms with Crippen molar-refractivity contribution in [2.75, 3.05) is 13.6 Å². The molecule has 1 aromatic carbocycles. The molecule has 3 heteroatoms. The highest BCUT2D eigenvalue weighted by atomic mass is 19.1. The summed E-state index contributed by atoms with van der Waals surface area (Å²) in [5, 5.41) is 0.